The van der Waals surface area contributed by atoms with Crippen LogP contribution in [0.5, 0.6) is 0 Å². The van der Waals surface area contributed by atoms with Crippen molar-refractivity contribution < 1.29 is 23.4 Å². The van der Waals surface area contributed by atoms with Crippen molar-refractivity contribution >= 4 is 18.3 Å². The lowest BCUT2D eigenvalue weighted by Crippen LogP contribution is -2.57. The number of halogens is 3. The van der Waals surface area contributed by atoms with Gasteiger partial charge in [0.05, 0.1) is 23.4 Å². The van der Waals surface area contributed by atoms with Crippen LogP contribution in [0.1, 0.15) is 36.0 Å². The van der Waals surface area contributed by atoms with E-state index >= 15 is 0 Å². The number of carbonyl (C=O) groups excluding carboxylic acids is 1. The second-order valence-electron chi connectivity index (χ2n) is 7.22. The molecule has 1 aromatic rings. The lowest BCUT2D eigenvalue weighted by molar-refractivity contribution is -0.173. The third-order valence-corrected chi connectivity index (χ3v) is 5.18. The molecule has 1 amide bonds. The van der Waals surface area contributed by atoms with Gasteiger partial charge >= 0.3 is 0 Å². The maximum absolute atomic E-state index is 13.8. The van der Waals surface area contributed by atoms with Gasteiger partial charge in [0.15, 0.2) is 0 Å². The zero-order chi connectivity index (χ0) is 18.1. The Balaban J connectivity index is 0.00000243. The van der Waals surface area contributed by atoms with Crippen molar-refractivity contribution in [1.29, 1.82) is 0 Å². The maximum atomic E-state index is 13.8. The second kappa shape index (κ2) is 8.17. The lowest BCUT2D eigenvalue weighted by Gasteiger charge is -2.48. The predicted octanol–water partition coefficient (Wildman–Crippen LogP) is 2.12. The van der Waals surface area contributed by atoms with Crippen molar-refractivity contribution in [2.75, 3.05) is 33.3 Å². The fraction of sp³-hybridized carbons (Fsp3) is 0.611. The maximum Gasteiger partial charge on any atom is 0.256 e. The van der Waals surface area contributed by atoms with E-state index in [1.54, 1.807) is 0 Å². The monoisotopic (exact) mass is 390 g/mol. The standard InChI is InChI=1S/C18H24F2N2O3.ClH/c1-22(16(23)14-3-2-13(19)10-15(14)20)12-17(24)6-9-25-18(11-17)4-7-21-8-5-18;/h2-3,10,21,24H,4-9,11-12H2,1H3;1H. The van der Waals surface area contributed by atoms with E-state index in [2.05, 4.69) is 5.32 Å². The summed E-state index contributed by atoms with van der Waals surface area (Å²) in [5, 5.41) is 14.3. The number of nitrogens with zero attached hydrogens (tertiary/aromatic N) is 1. The zero-order valence-electron chi connectivity index (χ0n) is 14.8. The molecular weight excluding hydrogens is 366 g/mol. The van der Waals surface area contributed by atoms with Gasteiger partial charge in [-0.25, -0.2) is 8.78 Å². The summed E-state index contributed by atoms with van der Waals surface area (Å²) in [4.78, 5) is 13.8. The molecule has 0 saturated carbocycles. The summed E-state index contributed by atoms with van der Waals surface area (Å²) in [6, 6.07) is 2.87. The molecule has 5 nitrogen and oxygen atoms in total. The van der Waals surface area contributed by atoms with Crippen molar-refractivity contribution in [1.82, 2.24) is 10.2 Å². The van der Waals surface area contributed by atoms with E-state index in [9.17, 15) is 18.7 Å². The van der Waals surface area contributed by atoms with Crippen molar-refractivity contribution in [3.8, 4) is 0 Å². The summed E-state index contributed by atoms with van der Waals surface area (Å²) >= 11 is 0. The first-order valence-corrected chi connectivity index (χ1v) is 8.60. The van der Waals surface area contributed by atoms with Gasteiger partial charge in [-0.2, -0.15) is 0 Å². The van der Waals surface area contributed by atoms with Crippen molar-refractivity contribution in [2.24, 2.45) is 0 Å². The number of rotatable bonds is 3. The Labute approximate surface area is 158 Å². The Morgan fingerprint density at radius 3 is 2.65 bits per heavy atom. The van der Waals surface area contributed by atoms with Crippen LogP contribution >= 0.6 is 12.4 Å². The molecular formula is C18H25ClF2N2O3. The zero-order valence-corrected chi connectivity index (χ0v) is 15.6. The van der Waals surface area contributed by atoms with Crippen molar-refractivity contribution in [3.05, 3.63) is 35.4 Å². The number of ether oxygens (including phenoxy) is 1. The molecule has 1 aromatic carbocycles. The highest BCUT2D eigenvalue weighted by atomic mass is 35.5. The largest absolute Gasteiger partial charge is 0.388 e. The highest BCUT2D eigenvalue weighted by molar-refractivity contribution is 5.94. The Morgan fingerprint density at radius 1 is 1.31 bits per heavy atom. The van der Waals surface area contributed by atoms with Crippen LogP contribution in [0, 0.1) is 11.6 Å². The summed E-state index contributed by atoms with van der Waals surface area (Å²) in [5.74, 6) is -2.20. The van der Waals surface area contributed by atoms with E-state index < -0.39 is 23.1 Å². The minimum atomic E-state index is -1.07. The normalized spacial score (nSPS) is 24.8. The molecule has 2 saturated heterocycles. The Bertz CT molecular complexity index is 650. The van der Waals surface area contributed by atoms with E-state index in [0.29, 0.717) is 25.5 Å². The molecule has 26 heavy (non-hydrogen) atoms. The minimum absolute atomic E-state index is 0. The number of benzene rings is 1. The van der Waals surface area contributed by atoms with E-state index in [4.69, 9.17) is 4.74 Å². The van der Waals surface area contributed by atoms with Gasteiger partial charge < -0.3 is 20.1 Å². The smallest absolute Gasteiger partial charge is 0.256 e. The van der Waals surface area contributed by atoms with Crippen LogP contribution in [-0.2, 0) is 4.74 Å². The van der Waals surface area contributed by atoms with Gasteiger partial charge in [-0.05, 0) is 38.1 Å². The minimum Gasteiger partial charge on any atom is -0.388 e. The van der Waals surface area contributed by atoms with Crippen LogP contribution in [0.15, 0.2) is 18.2 Å². The molecule has 2 aliphatic heterocycles. The molecule has 0 aromatic heterocycles. The average Bonchev–Trinajstić information content (AvgIpc) is 2.54. The van der Waals surface area contributed by atoms with Crippen LogP contribution < -0.4 is 5.32 Å². The highest BCUT2D eigenvalue weighted by Gasteiger charge is 2.46. The van der Waals surface area contributed by atoms with Crippen LogP contribution in [-0.4, -0.2) is 60.4 Å². The fourth-order valence-electron chi connectivity index (χ4n) is 3.92. The molecule has 1 unspecified atom stereocenters. The molecule has 2 N–H and O–H groups in total. The Kier molecular flexibility index (Phi) is 6.60. The number of hydrogen-bond acceptors (Lipinski definition) is 4. The summed E-state index contributed by atoms with van der Waals surface area (Å²) in [6.07, 6.45) is 2.51. The Hall–Kier alpha value is -1.28. The number of amides is 1. The molecule has 0 bridgehead atoms. The number of likely N-dealkylation sites (N-methyl/N-ethyl adjacent to an activating group) is 1. The quantitative estimate of drug-likeness (QED) is 0.830. The molecule has 2 fully saturated rings. The van der Waals surface area contributed by atoms with Gasteiger partial charge in [0, 0.05) is 32.5 Å². The number of aliphatic hydroxyl groups is 1. The molecule has 2 heterocycles. The molecule has 1 atom stereocenters. The molecule has 0 aliphatic carbocycles. The van der Waals surface area contributed by atoms with Gasteiger partial charge in [0.25, 0.3) is 5.91 Å². The van der Waals surface area contributed by atoms with Gasteiger partial charge in [0.1, 0.15) is 11.6 Å². The molecule has 2 aliphatic rings. The summed E-state index contributed by atoms with van der Waals surface area (Å²) < 4.78 is 32.8. The molecule has 1 spiro atoms. The van der Waals surface area contributed by atoms with E-state index in [1.807, 2.05) is 0 Å². The van der Waals surface area contributed by atoms with Crippen LogP contribution in [0.4, 0.5) is 8.78 Å². The fourth-order valence-corrected chi connectivity index (χ4v) is 3.92. The summed E-state index contributed by atoms with van der Waals surface area (Å²) in [5.41, 5.74) is -1.63. The van der Waals surface area contributed by atoms with Crippen LogP contribution in [0.3, 0.4) is 0 Å². The second-order valence-corrected chi connectivity index (χ2v) is 7.22. The van der Waals surface area contributed by atoms with Crippen LogP contribution in [0.25, 0.3) is 0 Å². The molecule has 146 valence electrons. The molecule has 3 rings (SSSR count). The first-order chi connectivity index (χ1) is 11.8. The lowest BCUT2D eigenvalue weighted by atomic mass is 9.77. The number of nitrogens with one attached hydrogen (secondary N) is 1. The van der Waals surface area contributed by atoms with Crippen molar-refractivity contribution in [3.63, 3.8) is 0 Å². The number of hydrogen-bond donors (Lipinski definition) is 2. The van der Waals surface area contributed by atoms with E-state index in [1.165, 1.54) is 11.9 Å². The SMILES string of the molecule is CN(CC1(O)CCOC2(CCNCC2)C1)C(=O)c1ccc(F)cc1F.Cl. The third-order valence-electron chi connectivity index (χ3n) is 5.18. The highest BCUT2D eigenvalue weighted by Crippen LogP contribution is 2.38. The first kappa shape index (κ1) is 21.0. The summed E-state index contributed by atoms with van der Waals surface area (Å²) in [7, 11) is 1.52. The Morgan fingerprint density at radius 2 is 2.00 bits per heavy atom. The summed E-state index contributed by atoms with van der Waals surface area (Å²) in [6.45, 7) is 2.20. The number of piperidine rings is 1. The first-order valence-electron chi connectivity index (χ1n) is 8.60. The van der Waals surface area contributed by atoms with Gasteiger partial charge in [0.2, 0.25) is 0 Å². The van der Waals surface area contributed by atoms with E-state index in [0.717, 1.165) is 38.1 Å². The average molecular weight is 391 g/mol. The number of carbonyl (C=O) groups is 1. The molecule has 8 heteroatoms. The van der Waals surface area contributed by atoms with Crippen LogP contribution in [0.2, 0.25) is 0 Å². The van der Waals surface area contributed by atoms with Gasteiger partial charge in [-0.3, -0.25) is 4.79 Å². The third kappa shape index (κ3) is 4.52. The van der Waals surface area contributed by atoms with E-state index in [-0.39, 0.29) is 30.1 Å². The molecule has 0 radical (unpaired) electrons. The van der Waals surface area contributed by atoms with Crippen molar-refractivity contribution in [2.45, 2.75) is 36.9 Å². The predicted molar refractivity (Wildman–Crippen MR) is 95.5 cm³/mol. The van der Waals surface area contributed by atoms with Gasteiger partial charge in [-0.1, -0.05) is 0 Å². The topological polar surface area (TPSA) is 61.8 Å². The van der Waals surface area contributed by atoms with Gasteiger partial charge in [-0.15, -0.1) is 12.4 Å².